The quantitative estimate of drug-likeness (QED) is 0.888. The molecule has 1 atom stereocenters. The Balaban J connectivity index is 2.00. The fourth-order valence-electron chi connectivity index (χ4n) is 2.48. The summed E-state index contributed by atoms with van der Waals surface area (Å²) in [4.78, 5) is 0. The molecule has 0 aromatic heterocycles. The lowest BCUT2D eigenvalue weighted by Gasteiger charge is -2.29. The standard InChI is InChI=1S/C15H20N2O/c1-11-9-15(4-3-14(11)10-16)17-12(2)13-5-7-18-8-6-13/h3-4,9,12-13,17H,5-8H2,1-2H3. The molecule has 1 unspecified atom stereocenters. The minimum absolute atomic E-state index is 0.446. The van der Waals surface area contributed by atoms with Crippen LogP contribution in [0.25, 0.3) is 0 Å². The van der Waals surface area contributed by atoms with Crippen LogP contribution >= 0.6 is 0 Å². The van der Waals surface area contributed by atoms with Crippen molar-refractivity contribution in [2.75, 3.05) is 18.5 Å². The average molecular weight is 244 g/mol. The summed E-state index contributed by atoms with van der Waals surface area (Å²) < 4.78 is 5.39. The molecule has 0 amide bonds. The number of hydrogen-bond donors (Lipinski definition) is 1. The van der Waals surface area contributed by atoms with Gasteiger partial charge >= 0.3 is 0 Å². The Morgan fingerprint density at radius 1 is 1.39 bits per heavy atom. The third kappa shape index (κ3) is 3.02. The summed E-state index contributed by atoms with van der Waals surface area (Å²) in [5.74, 6) is 0.676. The predicted molar refractivity (Wildman–Crippen MR) is 72.5 cm³/mol. The second kappa shape index (κ2) is 5.88. The van der Waals surface area contributed by atoms with Crippen LogP contribution in [0, 0.1) is 24.2 Å². The van der Waals surface area contributed by atoms with Crippen LogP contribution < -0.4 is 5.32 Å². The number of anilines is 1. The maximum atomic E-state index is 8.91. The highest BCUT2D eigenvalue weighted by Crippen LogP contribution is 2.23. The Hall–Kier alpha value is -1.53. The summed E-state index contributed by atoms with van der Waals surface area (Å²) in [7, 11) is 0. The normalized spacial score (nSPS) is 18.1. The fraction of sp³-hybridized carbons (Fsp3) is 0.533. The van der Waals surface area contributed by atoms with Crippen LogP contribution in [0.5, 0.6) is 0 Å². The number of rotatable bonds is 3. The molecule has 18 heavy (non-hydrogen) atoms. The zero-order chi connectivity index (χ0) is 13.0. The van der Waals surface area contributed by atoms with Gasteiger partial charge in [0.05, 0.1) is 11.6 Å². The first-order valence-corrected chi connectivity index (χ1v) is 6.55. The first-order valence-electron chi connectivity index (χ1n) is 6.55. The molecule has 1 aromatic carbocycles. The van der Waals surface area contributed by atoms with Gasteiger partial charge in [-0.05, 0) is 56.4 Å². The molecule has 3 nitrogen and oxygen atoms in total. The number of benzene rings is 1. The van der Waals surface area contributed by atoms with Crippen molar-refractivity contribution in [2.24, 2.45) is 5.92 Å². The number of ether oxygens (including phenoxy) is 1. The van der Waals surface area contributed by atoms with Gasteiger partial charge in [-0.1, -0.05) is 0 Å². The van der Waals surface area contributed by atoms with Gasteiger partial charge < -0.3 is 10.1 Å². The van der Waals surface area contributed by atoms with Crippen LogP contribution in [-0.2, 0) is 4.74 Å². The summed E-state index contributed by atoms with van der Waals surface area (Å²) >= 11 is 0. The van der Waals surface area contributed by atoms with E-state index in [1.807, 2.05) is 25.1 Å². The van der Waals surface area contributed by atoms with Crippen molar-refractivity contribution >= 4 is 5.69 Å². The second-order valence-electron chi connectivity index (χ2n) is 5.02. The number of nitrogens with zero attached hydrogens (tertiary/aromatic N) is 1. The molecule has 1 heterocycles. The first-order chi connectivity index (χ1) is 8.70. The van der Waals surface area contributed by atoms with Gasteiger partial charge in [0.25, 0.3) is 0 Å². The van der Waals surface area contributed by atoms with E-state index in [1.165, 1.54) is 0 Å². The highest BCUT2D eigenvalue weighted by molar-refractivity contribution is 5.52. The highest BCUT2D eigenvalue weighted by Gasteiger charge is 2.20. The van der Waals surface area contributed by atoms with E-state index < -0.39 is 0 Å². The molecule has 0 saturated carbocycles. The minimum atomic E-state index is 0.446. The molecule has 0 bridgehead atoms. The third-order valence-corrected chi connectivity index (χ3v) is 3.71. The largest absolute Gasteiger partial charge is 0.382 e. The Morgan fingerprint density at radius 3 is 2.72 bits per heavy atom. The number of nitrogens with one attached hydrogen (secondary N) is 1. The Kier molecular flexibility index (Phi) is 4.22. The van der Waals surface area contributed by atoms with E-state index >= 15 is 0 Å². The van der Waals surface area contributed by atoms with E-state index in [1.54, 1.807) is 0 Å². The molecule has 1 aromatic rings. The first kappa shape index (κ1) is 12.9. The predicted octanol–water partition coefficient (Wildman–Crippen LogP) is 3.09. The van der Waals surface area contributed by atoms with Crippen LogP contribution in [0.4, 0.5) is 5.69 Å². The Labute approximate surface area is 109 Å². The van der Waals surface area contributed by atoms with Gasteiger partial charge in [0.1, 0.15) is 0 Å². The monoisotopic (exact) mass is 244 g/mol. The second-order valence-corrected chi connectivity index (χ2v) is 5.02. The summed E-state index contributed by atoms with van der Waals surface area (Å²) in [5, 5.41) is 12.4. The Bertz CT molecular complexity index is 444. The van der Waals surface area contributed by atoms with Crippen molar-refractivity contribution in [3.8, 4) is 6.07 Å². The maximum Gasteiger partial charge on any atom is 0.0994 e. The molecule has 0 spiro atoms. The minimum Gasteiger partial charge on any atom is -0.382 e. The van der Waals surface area contributed by atoms with Gasteiger partial charge in [-0.3, -0.25) is 0 Å². The lowest BCUT2D eigenvalue weighted by Crippen LogP contribution is -2.30. The average Bonchev–Trinajstić information content (AvgIpc) is 2.40. The third-order valence-electron chi connectivity index (χ3n) is 3.71. The van der Waals surface area contributed by atoms with Crippen molar-refractivity contribution < 1.29 is 4.74 Å². The van der Waals surface area contributed by atoms with Gasteiger partial charge in [0.15, 0.2) is 0 Å². The summed E-state index contributed by atoms with van der Waals surface area (Å²) in [6, 6.07) is 8.56. The molecule has 0 radical (unpaired) electrons. The van der Waals surface area contributed by atoms with Gasteiger partial charge in [-0.15, -0.1) is 0 Å². The van der Waals surface area contributed by atoms with E-state index in [2.05, 4.69) is 18.3 Å². The molecular formula is C15H20N2O. The van der Waals surface area contributed by atoms with Crippen molar-refractivity contribution in [2.45, 2.75) is 32.7 Å². The Morgan fingerprint density at radius 2 is 2.11 bits per heavy atom. The van der Waals surface area contributed by atoms with Crippen molar-refractivity contribution in [1.29, 1.82) is 5.26 Å². The van der Waals surface area contributed by atoms with Crippen LogP contribution in [0.15, 0.2) is 18.2 Å². The van der Waals surface area contributed by atoms with Crippen LogP contribution in [0.2, 0.25) is 0 Å². The van der Waals surface area contributed by atoms with Crippen LogP contribution in [0.3, 0.4) is 0 Å². The summed E-state index contributed by atoms with van der Waals surface area (Å²) in [5.41, 5.74) is 2.88. The van der Waals surface area contributed by atoms with Gasteiger partial charge in [-0.2, -0.15) is 5.26 Å². The summed E-state index contributed by atoms with van der Waals surface area (Å²) in [6.07, 6.45) is 2.26. The number of aryl methyl sites for hydroxylation is 1. The summed E-state index contributed by atoms with van der Waals surface area (Å²) in [6.45, 7) is 5.96. The van der Waals surface area contributed by atoms with Gasteiger partial charge in [0, 0.05) is 24.9 Å². The zero-order valence-electron chi connectivity index (χ0n) is 11.1. The number of nitriles is 1. The molecule has 1 saturated heterocycles. The zero-order valence-corrected chi connectivity index (χ0v) is 11.1. The van der Waals surface area contributed by atoms with Crippen LogP contribution in [-0.4, -0.2) is 19.3 Å². The molecule has 1 N–H and O–H groups in total. The molecule has 2 rings (SSSR count). The lowest BCUT2D eigenvalue weighted by molar-refractivity contribution is 0.0622. The maximum absolute atomic E-state index is 8.91. The molecule has 1 fully saturated rings. The molecule has 1 aliphatic rings. The van der Waals surface area contributed by atoms with E-state index in [0.29, 0.717) is 12.0 Å². The van der Waals surface area contributed by atoms with Crippen molar-refractivity contribution in [3.63, 3.8) is 0 Å². The van der Waals surface area contributed by atoms with Crippen molar-refractivity contribution in [3.05, 3.63) is 29.3 Å². The fourth-order valence-corrected chi connectivity index (χ4v) is 2.48. The van der Waals surface area contributed by atoms with E-state index in [0.717, 1.165) is 42.9 Å². The smallest absolute Gasteiger partial charge is 0.0994 e. The van der Waals surface area contributed by atoms with Gasteiger partial charge in [0.2, 0.25) is 0 Å². The van der Waals surface area contributed by atoms with Crippen LogP contribution in [0.1, 0.15) is 30.9 Å². The van der Waals surface area contributed by atoms with Gasteiger partial charge in [-0.25, -0.2) is 0 Å². The number of hydrogen-bond acceptors (Lipinski definition) is 3. The van der Waals surface area contributed by atoms with E-state index in [4.69, 9.17) is 10.00 Å². The molecule has 1 aliphatic heterocycles. The highest BCUT2D eigenvalue weighted by atomic mass is 16.5. The SMILES string of the molecule is Cc1cc(NC(C)C2CCOCC2)ccc1C#N. The van der Waals surface area contributed by atoms with E-state index in [9.17, 15) is 0 Å². The van der Waals surface area contributed by atoms with Crippen molar-refractivity contribution in [1.82, 2.24) is 0 Å². The lowest BCUT2D eigenvalue weighted by atomic mass is 9.92. The molecule has 3 heteroatoms. The molecule has 96 valence electrons. The van der Waals surface area contributed by atoms with E-state index in [-0.39, 0.29) is 0 Å². The molecule has 0 aliphatic carbocycles. The topological polar surface area (TPSA) is 45.0 Å². The molecular weight excluding hydrogens is 224 g/mol.